The van der Waals surface area contributed by atoms with Crippen LogP contribution in [-0.2, 0) is 21.0 Å². The fraction of sp³-hybridized carbons (Fsp3) is 0.364. The minimum Gasteiger partial charge on any atom is -0.326 e. The molecule has 1 amide bonds. The topological polar surface area (TPSA) is 78.8 Å². The van der Waals surface area contributed by atoms with Gasteiger partial charge in [0.05, 0.1) is 10.5 Å². The summed E-state index contributed by atoms with van der Waals surface area (Å²) in [6, 6.07) is 9.35. The Balaban J connectivity index is 1.54. The Kier molecular flexibility index (Phi) is 5.41. The second kappa shape index (κ2) is 7.70. The molecular formula is C22H22F3N3O3S. The highest BCUT2D eigenvalue weighted by Crippen LogP contribution is 2.34. The minimum absolute atomic E-state index is 0.0303. The van der Waals surface area contributed by atoms with Gasteiger partial charge in [-0.05, 0) is 49.2 Å². The molecular weight excluding hydrogens is 443 g/mol. The molecule has 32 heavy (non-hydrogen) atoms. The molecule has 1 N–H and O–H groups in total. The van der Waals surface area contributed by atoms with Crippen LogP contribution in [0.25, 0.3) is 0 Å². The number of sulfonamides is 1. The Hall–Kier alpha value is -2.72. The normalized spacial score (nSPS) is 19.2. The van der Waals surface area contributed by atoms with E-state index < -0.39 is 32.3 Å². The lowest BCUT2D eigenvalue weighted by Gasteiger charge is -2.36. The van der Waals surface area contributed by atoms with Crippen molar-refractivity contribution in [3.8, 4) is 0 Å². The Morgan fingerprint density at radius 1 is 1.03 bits per heavy atom. The molecule has 1 spiro atoms. The van der Waals surface area contributed by atoms with Gasteiger partial charge in [-0.25, -0.2) is 8.42 Å². The molecule has 2 aliphatic heterocycles. The molecule has 10 heteroatoms. The number of nitrogens with zero attached hydrogens (tertiary/aromatic N) is 2. The summed E-state index contributed by atoms with van der Waals surface area (Å²) >= 11 is 0. The zero-order chi connectivity index (χ0) is 23.3. The van der Waals surface area contributed by atoms with Gasteiger partial charge in [-0.15, -0.1) is 0 Å². The van der Waals surface area contributed by atoms with Crippen molar-refractivity contribution in [1.82, 2.24) is 9.62 Å². The minimum atomic E-state index is -4.63. The van der Waals surface area contributed by atoms with Crippen molar-refractivity contribution in [1.29, 1.82) is 0 Å². The van der Waals surface area contributed by atoms with Crippen molar-refractivity contribution in [3.63, 3.8) is 0 Å². The van der Waals surface area contributed by atoms with Gasteiger partial charge in [0.1, 0.15) is 11.4 Å². The van der Waals surface area contributed by atoms with Crippen LogP contribution < -0.4 is 5.32 Å². The van der Waals surface area contributed by atoms with Gasteiger partial charge in [0.15, 0.2) is 0 Å². The Morgan fingerprint density at radius 3 is 2.34 bits per heavy atom. The maximum Gasteiger partial charge on any atom is 0.416 e. The number of hydrogen-bond acceptors (Lipinski definition) is 4. The van der Waals surface area contributed by atoms with Gasteiger partial charge in [0.25, 0.3) is 5.91 Å². The number of aliphatic imine (C=N–C) groups is 1. The number of nitrogens with one attached hydrogen (secondary N) is 1. The molecule has 0 atom stereocenters. The van der Waals surface area contributed by atoms with E-state index in [4.69, 9.17) is 0 Å². The molecule has 170 valence electrons. The van der Waals surface area contributed by atoms with E-state index >= 15 is 0 Å². The number of carbonyl (C=O) groups excluding carboxylic acids is 1. The molecule has 1 fully saturated rings. The maximum absolute atomic E-state index is 13.0. The lowest BCUT2D eigenvalue weighted by Crippen LogP contribution is -2.52. The lowest BCUT2D eigenvalue weighted by molar-refractivity contribution is -0.137. The van der Waals surface area contributed by atoms with Crippen LogP contribution in [0.4, 0.5) is 13.2 Å². The smallest absolute Gasteiger partial charge is 0.326 e. The largest absolute Gasteiger partial charge is 0.416 e. The number of amides is 1. The number of aryl methyl sites for hydroxylation is 2. The van der Waals surface area contributed by atoms with Crippen LogP contribution in [0.2, 0.25) is 0 Å². The fourth-order valence-corrected chi connectivity index (χ4v) is 5.45. The standard InChI is InChI=1S/C22H22F3N3O3S/c1-14-6-7-16(12-15(14)2)19-20(29)27-21(26-19)8-10-28(11-9-21)32(30,31)18-5-3-4-17(13-18)22(23,24)25/h3-7,12-13H,8-11H2,1-2H3,(H,27,29). The summed E-state index contributed by atoms with van der Waals surface area (Å²) in [6.07, 6.45) is -4.18. The number of benzene rings is 2. The van der Waals surface area contributed by atoms with Gasteiger partial charge >= 0.3 is 6.18 Å². The number of rotatable bonds is 3. The molecule has 0 unspecified atom stereocenters. The summed E-state index contributed by atoms with van der Waals surface area (Å²) in [6.45, 7) is 3.97. The first-order chi connectivity index (χ1) is 14.9. The predicted molar refractivity (Wildman–Crippen MR) is 113 cm³/mol. The van der Waals surface area contributed by atoms with E-state index in [0.717, 1.165) is 33.6 Å². The second-order valence-electron chi connectivity index (χ2n) is 8.17. The van der Waals surface area contributed by atoms with Crippen LogP contribution in [0.15, 0.2) is 52.4 Å². The van der Waals surface area contributed by atoms with Crippen molar-refractivity contribution >= 4 is 21.6 Å². The van der Waals surface area contributed by atoms with Crippen molar-refractivity contribution < 1.29 is 26.4 Å². The molecule has 0 radical (unpaired) electrons. The SMILES string of the molecule is Cc1ccc(C2=NC3(CCN(S(=O)(=O)c4cccc(C(F)(F)F)c4)CC3)NC2=O)cc1C. The zero-order valence-corrected chi connectivity index (χ0v) is 18.3. The molecule has 2 heterocycles. The quantitative estimate of drug-likeness (QED) is 0.755. The Labute approximate surface area is 184 Å². The van der Waals surface area contributed by atoms with Gasteiger partial charge in [-0.2, -0.15) is 17.5 Å². The number of hydrogen-bond donors (Lipinski definition) is 1. The van der Waals surface area contributed by atoms with Gasteiger partial charge < -0.3 is 5.32 Å². The van der Waals surface area contributed by atoms with E-state index in [9.17, 15) is 26.4 Å². The third-order valence-electron chi connectivity index (χ3n) is 6.02. The third-order valence-corrected chi connectivity index (χ3v) is 7.91. The van der Waals surface area contributed by atoms with E-state index in [-0.39, 0.29) is 31.8 Å². The summed E-state index contributed by atoms with van der Waals surface area (Å²) in [5.41, 5.74) is 1.20. The number of halogens is 3. The summed E-state index contributed by atoms with van der Waals surface area (Å²) in [5, 5.41) is 2.88. The van der Waals surface area contributed by atoms with Crippen molar-refractivity contribution in [2.75, 3.05) is 13.1 Å². The third kappa shape index (κ3) is 4.04. The molecule has 6 nitrogen and oxygen atoms in total. The predicted octanol–water partition coefficient (Wildman–Crippen LogP) is 3.42. The molecule has 1 saturated heterocycles. The lowest BCUT2D eigenvalue weighted by atomic mass is 10.00. The Morgan fingerprint density at radius 2 is 1.72 bits per heavy atom. The average molecular weight is 465 g/mol. The van der Waals surface area contributed by atoms with Gasteiger partial charge in [-0.1, -0.05) is 18.2 Å². The highest BCUT2D eigenvalue weighted by atomic mass is 32.2. The first kappa shape index (κ1) is 22.5. The van der Waals surface area contributed by atoms with Crippen LogP contribution in [0, 0.1) is 13.8 Å². The van der Waals surface area contributed by atoms with Crippen LogP contribution >= 0.6 is 0 Å². The second-order valence-corrected chi connectivity index (χ2v) is 10.1. The number of carbonyl (C=O) groups is 1. The zero-order valence-electron chi connectivity index (χ0n) is 17.5. The highest BCUT2D eigenvalue weighted by Gasteiger charge is 2.44. The maximum atomic E-state index is 13.0. The summed E-state index contributed by atoms with van der Waals surface area (Å²) in [7, 11) is -4.11. The van der Waals surface area contributed by atoms with E-state index in [1.165, 1.54) is 0 Å². The fourth-order valence-electron chi connectivity index (χ4n) is 3.96. The highest BCUT2D eigenvalue weighted by molar-refractivity contribution is 7.89. The molecule has 4 rings (SSSR count). The van der Waals surface area contributed by atoms with E-state index in [1.54, 1.807) is 0 Å². The van der Waals surface area contributed by atoms with Gasteiger partial charge in [-0.3, -0.25) is 9.79 Å². The molecule has 0 saturated carbocycles. The van der Waals surface area contributed by atoms with Crippen molar-refractivity contribution in [3.05, 3.63) is 64.7 Å². The molecule has 2 aromatic carbocycles. The summed E-state index contributed by atoms with van der Waals surface area (Å²) in [4.78, 5) is 16.8. The van der Waals surface area contributed by atoms with E-state index in [1.807, 2.05) is 32.0 Å². The van der Waals surface area contributed by atoms with Crippen molar-refractivity contribution in [2.24, 2.45) is 4.99 Å². The first-order valence-corrected chi connectivity index (χ1v) is 11.5. The monoisotopic (exact) mass is 465 g/mol. The van der Waals surface area contributed by atoms with E-state index in [0.29, 0.717) is 17.3 Å². The van der Waals surface area contributed by atoms with Crippen LogP contribution in [0.1, 0.15) is 35.1 Å². The van der Waals surface area contributed by atoms with Crippen LogP contribution in [0.3, 0.4) is 0 Å². The van der Waals surface area contributed by atoms with Gasteiger partial charge in [0.2, 0.25) is 10.0 Å². The molecule has 2 aliphatic rings. The van der Waals surface area contributed by atoms with Crippen molar-refractivity contribution in [2.45, 2.75) is 43.4 Å². The van der Waals surface area contributed by atoms with Crippen LogP contribution in [0.5, 0.6) is 0 Å². The number of alkyl halides is 3. The average Bonchev–Trinajstić information content (AvgIpc) is 3.05. The Bertz CT molecular complexity index is 1210. The molecule has 0 aromatic heterocycles. The molecule has 0 bridgehead atoms. The summed E-state index contributed by atoms with van der Waals surface area (Å²) in [5.74, 6) is -0.317. The first-order valence-electron chi connectivity index (χ1n) is 10.1. The van der Waals surface area contributed by atoms with Gasteiger partial charge in [0, 0.05) is 31.5 Å². The van der Waals surface area contributed by atoms with E-state index in [2.05, 4.69) is 10.3 Å². The number of piperidine rings is 1. The molecule has 2 aromatic rings. The summed E-state index contributed by atoms with van der Waals surface area (Å²) < 4.78 is 66.0. The molecule has 0 aliphatic carbocycles. The van der Waals surface area contributed by atoms with Crippen LogP contribution in [-0.4, -0.2) is 43.1 Å².